The van der Waals surface area contributed by atoms with Gasteiger partial charge >= 0.3 is 0 Å². The third-order valence-corrected chi connectivity index (χ3v) is 8.49. The van der Waals surface area contributed by atoms with E-state index in [-0.39, 0.29) is 37.9 Å². The molecule has 10 nitrogen and oxygen atoms in total. The predicted molar refractivity (Wildman–Crippen MR) is 185 cm³/mol. The molecule has 0 saturated carbocycles. The van der Waals surface area contributed by atoms with Crippen LogP contribution in [0, 0.1) is 5.92 Å². The van der Waals surface area contributed by atoms with Crippen molar-refractivity contribution in [2.24, 2.45) is 5.92 Å². The molecule has 3 amide bonds. The molecule has 248 valence electrons. The number of nitrogen functional groups attached to an aromatic ring is 1. The lowest BCUT2D eigenvalue weighted by atomic mass is 9.83. The largest absolute Gasteiger partial charge is 0.497 e. The first-order chi connectivity index (χ1) is 23.1. The zero-order valence-electron chi connectivity index (χ0n) is 27.0. The van der Waals surface area contributed by atoms with Crippen LogP contribution < -0.4 is 20.7 Å². The number of carbonyl (C=O) groups is 3. The Bertz CT molecular complexity index is 1790. The van der Waals surface area contributed by atoms with Crippen LogP contribution in [0.4, 0.5) is 17.1 Å². The Labute approximate surface area is 280 Å². The minimum absolute atomic E-state index is 0.0327. The highest BCUT2D eigenvalue weighted by molar-refractivity contribution is 6.07. The minimum Gasteiger partial charge on any atom is -0.497 e. The number of nitrogens with two attached hydrogens (primary N) is 1. The van der Waals surface area contributed by atoms with Crippen LogP contribution in [0.1, 0.15) is 40.4 Å². The molecule has 4 aromatic rings. The van der Waals surface area contributed by atoms with Crippen LogP contribution >= 0.6 is 0 Å². The number of aliphatic hydroxyl groups is 2. The molecule has 0 saturated heterocycles. The Kier molecular flexibility index (Phi) is 10.6. The molecular formula is C38H40N4O6. The molecule has 5 rings (SSSR count). The Balaban J connectivity index is 1.33. The van der Waals surface area contributed by atoms with Crippen LogP contribution in [0.25, 0.3) is 0 Å². The van der Waals surface area contributed by atoms with Crippen molar-refractivity contribution in [3.05, 3.63) is 131 Å². The molecule has 5 N–H and O–H groups in total. The topological polar surface area (TPSA) is 145 Å². The first-order valence-electron chi connectivity index (χ1n) is 15.7. The van der Waals surface area contributed by atoms with Gasteiger partial charge in [0, 0.05) is 47.9 Å². The molecule has 2 atom stereocenters. The van der Waals surface area contributed by atoms with Crippen LogP contribution in [-0.4, -0.2) is 53.1 Å². The second-order valence-electron chi connectivity index (χ2n) is 11.8. The molecule has 0 radical (unpaired) electrons. The van der Waals surface area contributed by atoms with E-state index >= 15 is 0 Å². The van der Waals surface area contributed by atoms with E-state index < -0.39 is 17.4 Å². The van der Waals surface area contributed by atoms with Gasteiger partial charge in [-0.3, -0.25) is 14.4 Å². The van der Waals surface area contributed by atoms with E-state index in [2.05, 4.69) is 5.32 Å². The third kappa shape index (κ3) is 7.41. The van der Waals surface area contributed by atoms with Gasteiger partial charge in [0.25, 0.3) is 11.8 Å². The first kappa shape index (κ1) is 33.9. The summed E-state index contributed by atoms with van der Waals surface area (Å²) in [5.41, 5.74) is 7.99. The summed E-state index contributed by atoms with van der Waals surface area (Å²) < 4.78 is 5.43. The van der Waals surface area contributed by atoms with Crippen molar-refractivity contribution in [2.45, 2.75) is 32.0 Å². The maximum absolute atomic E-state index is 14.1. The number of benzene rings is 4. The van der Waals surface area contributed by atoms with E-state index in [0.717, 1.165) is 11.1 Å². The van der Waals surface area contributed by atoms with Crippen molar-refractivity contribution in [2.75, 3.05) is 36.2 Å². The highest BCUT2D eigenvalue weighted by Gasteiger charge is 2.52. The van der Waals surface area contributed by atoms with Crippen LogP contribution in [0.3, 0.4) is 0 Å². The molecule has 0 spiro atoms. The summed E-state index contributed by atoms with van der Waals surface area (Å²) in [7, 11) is 1.52. The van der Waals surface area contributed by atoms with Gasteiger partial charge in [0.1, 0.15) is 5.75 Å². The summed E-state index contributed by atoms with van der Waals surface area (Å²) in [6, 6.07) is 28.4. The van der Waals surface area contributed by atoms with E-state index in [1.807, 2.05) is 36.4 Å². The van der Waals surface area contributed by atoms with Crippen LogP contribution in [0.15, 0.2) is 109 Å². The van der Waals surface area contributed by atoms with E-state index in [1.54, 1.807) is 84.6 Å². The number of hydrogen-bond acceptors (Lipinski definition) is 7. The maximum Gasteiger partial charge on any atom is 0.264 e. The van der Waals surface area contributed by atoms with Gasteiger partial charge in [-0.25, -0.2) is 0 Å². The molecule has 0 bridgehead atoms. The summed E-state index contributed by atoms with van der Waals surface area (Å²) in [5, 5.41) is 24.6. The molecule has 1 heterocycles. The highest BCUT2D eigenvalue weighted by Crippen LogP contribution is 2.47. The smallest absolute Gasteiger partial charge is 0.264 e. The van der Waals surface area contributed by atoms with Crippen molar-refractivity contribution in [3.63, 3.8) is 0 Å². The lowest BCUT2D eigenvalue weighted by molar-refractivity contribution is -0.139. The average Bonchev–Trinajstić information content (AvgIpc) is 3.30. The standard InChI is InChI=1S/C38H40N4O6/c1-26(8-6-13-35(44)41(20-21-43)24-27-9-4-3-5-10-27)38(47)33-23-32(48-2)18-19-34(33)42(37(38)46)25-28-11-7-12-31(22-28)40-36(45)29-14-16-30(39)17-15-29/h3-12,14-19,22-23,26,43,47H,13,20-21,24-25,39H2,1-2H3,(H,40,45)/b8-6+/t26-,38+/m0/s1. The maximum atomic E-state index is 14.1. The molecule has 1 aliphatic rings. The Morgan fingerprint density at radius 2 is 1.73 bits per heavy atom. The van der Waals surface area contributed by atoms with E-state index in [4.69, 9.17) is 10.5 Å². The minimum atomic E-state index is -1.93. The highest BCUT2D eigenvalue weighted by atomic mass is 16.5. The summed E-state index contributed by atoms with van der Waals surface area (Å²) >= 11 is 0. The fourth-order valence-corrected chi connectivity index (χ4v) is 5.84. The summed E-state index contributed by atoms with van der Waals surface area (Å²) in [5.74, 6) is -1.22. The van der Waals surface area contributed by atoms with Crippen molar-refractivity contribution >= 4 is 34.8 Å². The predicted octanol–water partition coefficient (Wildman–Crippen LogP) is 4.87. The van der Waals surface area contributed by atoms with Gasteiger partial charge in [-0.05, 0) is 65.7 Å². The number of fused-ring (bicyclic) bond motifs is 1. The van der Waals surface area contributed by atoms with Gasteiger partial charge in [0.15, 0.2) is 5.60 Å². The van der Waals surface area contributed by atoms with Crippen LogP contribution in [0.5, 0.6) is 5.75 Å². The van der Waals surface area contributed by atoms with Crippen molar-refractivity contribution in [3.8, 4) is 5.75 Å². The number of nitrogens with one attached hydrogen (secondary N) is 1. The monoisotopic (exact) mass is 648 g/mol. The second kappa shape index (κ2) is 15.0. The molecule has 0 fully saturated rings. The average molecular weight is 649 g/mol. The molecule has 10 heteroatoms. The zero-order valence-corrected chi connectivity index (χ0v) is 27.0. The number of methoxy groups -OCH3 is 1. The van der Waals surface area contributed by atoms with Gasteiger partial charge in [0.05, 0.1) is 25.9 Å². The SMILES string of the molecule is COc1ccc2c(c1)[C@](O)([C@@H](C)/C=C/CC(=O)N(CCO)Cc1ccccc1)C(=O)N2Cc1cccc(NC(=O)c2ccc(N)cc2)c1. The van der Waals surface area contributed by atoms with Gasteiger partial charge in [-0.2, -0.15) is 0 Å². The molecule has 48 heavy (non-hydrogen) atoms. The summed E-state index contributed by atoms with van der Waals surface area (Å²) in [6.45, 7) is 2.25. The van der Waals surface area contributed by atoms with Crippen molar-refractivity contribution in [1.29, 1.82) is 0 Å². The Morgan fingerprint density at radius 1 is 1.00 bits per heavy atom. The fourth-order valence-electron chi connectivity index (χ4n) is 5.84. The zero-order chi connectivity index (χ0) is 34.3. The van der Waals surface area contributed by atoms with Gasteiger partial charge < -0.3 is 35.8 Å². The normalized spacial score (nSPS) is 16.1. The molecular weight excluding hydrogens is 608 g/mol. The van der Waals surface area contributed by atoms with E-state index in [9.17, 15) is 24.6 Å². The van der Waals surface area contributed by atoms with Crippen LogP contribution in [0.2, 0.25) is 0 Å². The number of carbonyl (C=O) groups excluding carboxylic acids is 3. The van der Waals surface area contributed by atoms with Crippen molar-refractivity contribution in [1.82, 2.24) is 4.90 Å². The molecule has 0 aromatic heterocycles. The number of hydrogen-bond donors (Lipinski definition) is 4. The second-order valence-corrected chi connectivity index (χ2v) is 11.8. The van der Waals surface area contributed by atoms with E-state index in [1.165, 1.54) is 12.0 Å². The number of rotatable bonds is 13. The van der Waals surface area contributed by atoms with E-state index in [0.29, 0.717) is 40.5 Å². The molecule has 4 aromatic carbocycles. The fraction of sp³-hybridized carbons (Fsp3) is 0.237. The van der Waals surface area contributed by atoms with Crippen molar-refractivity contribution < 1.29 is 29.3 Å². The molecule has 0 aliphatic carbocycles. The first-order valence-corrected chi connectivity index (χ1v) is 15.7. The summed E-state index contributed by atoms with van der Waals surface area (Å²) in [4.78, 5) is 43.1. The molecule has 0 unspecified atom stereocenters. The molecule has 1 aliphatic heterocycles. The third-order valence-electron chi connectivity index (χ3n) is 8.49. The number of nitrogens with zero attached hydrogens (tertiary/aromatic N) is 2. The number of ether oxygens (including phenoxy) is 1. The number of amides is 3. The Morgan fingerprint density at radius 3 is 2.44 bits per heavy atom. The van der Waals surface area contributed by atoms with Gasteiger partial charge in [0.2, 0.25) is 5.91 Å². The van der Waals surface area contributed by atoms with Gasteiger partial charge in [-0.15, -0.1) is 0 Å². The number of aliphatic hydroxyl groups excluding tert-OH is 1. The number of anilines is 3. The Hall–Kier alpha value is -5.45. The quantitative estimate of drug-likeness (QED) is 0.120. The van der Waals surface area contributed by atoms with Gasteiger partial charge in [-0.1, -0.05) is 61.5 Å². The summed E-state index contributed by atoms with van der Waals surface area (Å²) in [6.07, 6.45) is 3.36. The lowest BCUT2D eigenvalue weighted by Crippen LogP contribution is -2.44. The lowest BCUT2D eigenvalue weighted by Gasteiger charge is -2.28. The van der Waals surface area contributed by atoms with Crippen LogP contribution in [-0.2, 0) is 28.3 Å².